The van der Waals surface area contributed by atoms with Crippen LogP contribution in [0.25, 0.3) is 11.1 Å². The van der Waals surface area contributed by atoms with Crippen molar-refractivity contribution < 1.29 is 4.74 Å². The number of hydrogen-bond acceptors (Lipinski definition) is 2. The molecule has 1 unspecified atom stereocenters. The Kier molecular flexibility index (Phi) is 4.42. The fraction of sp³-hybridized carbons (Fsp3) is 0.278. The zero-order valence-electron chi connectivity index (χ0n) is 12.1. The summed E-state index contributed by atoms with van der Waals surface area (Å²) in [6.07, 6.45) is 0. The van der Waals surface area contributed by atoms with Crippen LogP contribution in [0.4, 0.5) is 0 Å². The van der Waals surface area contributed by atoms with Crippen molar-refractivity contribution in [2.45, 2.75) is 19.8 Å². The molecule has 0 radical (unpaired) electrons. The Morgan fingerprint density at radius 2 is 1.40 bits per heavy atom. The third-order valence-electron chi connectivity index (χ3n) is 3.50. The Morgan fingerprint density at radius 3 is 1.80 bits per heavy atom. The van der Waals surface area contributed by atoms with Crippen molar-refractivity contribution in [3.05, 3.63) is 54.1 Å². The Hall–Kier alpha value is -2.27. The van der Waals surface area contributed by atoms with Gasteiger partial charge >= 0.3 is 0 Å². The van der Waals surface area contributed by atoms with Crippen LogP contribution in [0.3, 0.4) is 0 Å². The Balaban J connectivity index is 2.25. The summed E-state index contributed by atoms with van der Waals surface area (Å²) < 4.78 is 5.16. The first kappa shape index (κ1) is 14.1. The lowest BCUT2D eigenvalue weighted by molar-refractivity contribution is 0.415. The first-order valence-corrected chi connectivity index (χ1v) is 6.79. The first-order chi connectivity index (χ1) is 9.65. The maximum atomic E-state index is 9.23. The fourth-order valence-corrected chi connectivity index (χ4v) is 2.27. The van der Waals surface area contributed by atoms with E-state index in [2.05, 4.69) is 32.0 Å². The molecule has 0 saturated carbocycles. The van der Waals surface area contributed by atoms with Crippen LogP contribution in [-0.4, -0.2) is 7.11 Å². The van der Waals surface area contributed by atoms with Crippen molar-refractivity contribution in [2.24, 2.45) is 5.92 Å². The number of benzene rings is 2. The lowest BCUT2D eigenvalue weighted by Gasteiger charge is -2.13. The molecular formula is C18H19NO. The van der Waals surface area contributed by atoms with Gasteiger partial charge in [0.2, 0.25) is 0 Å². The van der Waals surface area contributed by atoms with E-state index in [1.807, 2.05) is 36.4 Å². The van der Waals surface area contributed by atoms with E-state index in [-0.39, 0.29) is 5.92 Å². The quantitative estimate of drug-likeness (QED) is 0.807. The maximum absolute atomic E-state index is 9.23. The highest BCUT2D eigenvalue weighted by Gasteiger charge is 2.14. The number of ether oxygens (including phenoxy) is 1. The summed E-state index contributed by atoms with van der Waals surface area (Å²) in [6.45, 7) is 4.15. The molecule has 0 bridgehead atoms. The van der Waals surface area contributed by atoms with Crippen molar-refractivity contribution in [2.75, 3.05) is 7.11 Å². The van der Waals surface area contributed by atoms with Crippen LogP contribution in [-0.2, 0) is 0 Å². The minimum atomic E-state index is -0.0417. The molecule has 0 spiro atoms. The molecular weight excluding hydrogens is 246 g/mol. The summed E-state index contributed by atoms with van der Waals surface area (Å²) in [7, 11) is 1.66. The van der Waals surface area contributed by atoms with Gasteiger partial charge in [0, 0.05) is 0 Å². The van der Waals surface area contributed by atoms with Gasteiger partial charge in [-0.25, -0.2) is 0 Å². The summed E-state index contributed by atoms with van der Waals surface area (Å²) >= 11 is 0. The predicted octanol–water partition coefficient (Wildman–Crippen LogP) is 4.63. The smallest absolute Gasteiger partial charge is 0.118 e. The van der Waals surface area contributed by atoms with Crippen molar-refractivity contribution in [3.63, 3.8) is 0 Å². The first-order valence-electron chi connectivity index (χ1n) is 6.79. The van der Waals surface area contributed by atoms with Crippen LogP contribution in [0.2, 0.25) is 0 Å². The van der Waals surface area contributed by atoms with Crippen LogP contribution < -0.4 is 4.74 Å². The summed E-state index contributed by atoms with van der Waals surface area (Å²) in [5, 5.41) is 9.23. The van der Waals surface area contributed by atoms with E-state index in [1.165, 1.54) is 0 Å². The molecule has 2 nitrogen and oxygen atoms in total. The SMILES string of the molecule is COc1ccc(-c2ccc(C(C#N)C(C)C)cc2)cc1. The molecule has 0 N–H and O–H groups in total. The highest BCUT2D eigenvalue weighted by atomic mass is 16.5. The molecule has 0 fully saturated rings. The lowest BCUT2D eigenvalue weighted by atomic mass is 9.89. The lowest BCUT2D eigenvalue weighted by Crippen LogP contribution is -2.03. The number of rotatable bonds is 4. The molecule has 0 saturated heterocycles. The largest absolute Gasteiger partial charge is 0.497 e. The highest BCUT2D eigenvalue weighted by molar-refractivity contribution is 5.64. The Bertz CT molecular complexity index is 591. The van der Waals surface area contributed by atoms with Crippen molar-refractivity contribution in [3.8, 4) is 22.9 Å². The third kappa shape index (κ3) is 3.00. The highest BCUT2D eigenvalue weighted by Crippen LogP contribution is 2.27. The minimum Gasteiger partial charge on any atom is -0.497 e. The molecule has 0 heterocycles. The molecule has 0 aliphatic carbocycles. The van der Waals surface area contributed by atoms with Gasteiger partial charge in [-0.1, -0.05) is 50.2 Å². The Labute approximate surface area is 120 Å². The molecule has 2 heteroatoms. The van der Waals surface area contributed by atoms with E-state index in [4.69, 9.17) is 4.74 Å². The van der Waals surface area contributed by atoms with Crippen LogP contribution in [0, 0.1) is 17.2 Å². The zero-order chi connectivity index (χ0) is 14.5. The third-order valence-corrected chi connectivity index (χ3v) is 3.50. The Morgan fingerprint density at radius 1 is 0.900 bits per heavy atom. The monoisotopic (exact) mass is 265 g/mol. The number of nitriles is 1. The zero-order valence-corrected chi connectivity index (χ0v) is 12.1. The van der Waals surface area contributed by atoms with Gasteiger partial charge in [-0.05, 0) is 34.7 Å². The number of hydrogen-bond donors (Lipinski definition) is 0. The van der Waals surface area contributed by atoms with Gasteiger partial charge in [-0.3, -0.25) is 0 Å². The second kappa shape index (κ2) is 6.25. The van der Waals surface area contributed by atoms with E-state index < -0.39 is 0 Å². The molecule has 0 aromatic heterocycles. The van der Waals surface area contributed by atoms with Crippen LogP contribution >= 0.6 is 0 Å². The van der Waals surface area contributed by atoms with Crippen LogP contribution in [0.15, 0.2) is 48.5 Å². The topological polar surface area (TPSA) is 33.0 Å². The van der Waals surface area contributed by atoms with Gasteiger partial charge in [0.15, 0.2) is 0 Å². The second-order valence-corrected chi connectivity index (χ2v) is 5.20. The van der Waals surface area contributed by atoms with E-state index in [9.17, 15) is 5.26 Å². The molecule has 1 atom stereocenters. The van der Waals surface area contributed by atoms with Gasteiger partial charge in [0.1, 0.15) is 5.75 Å². The minimum absolute atomic E-state index is 0.0417. The van der Waals surface area contributed by atoms with Crippen molar-refractivity contribution in [1.29, 1.82) is 5.26 Å². The van der Waals surface area contributed by atoms with E-state index in [0.717, 1.165) is 22.4 Å². The summed E-state index contributed by atoms with van der Waals surface area (Å²) in [5.74, 6) is 1.14. The average molecular weight is 265 g/mol. The normalized spacial score (nSPS) is 11.9. The standard InChI is InChI=1S/C18H19NO/c1-13(2)18(12-19)16-6-4-14(5-7-16)15-8-10-17(20-3)11-9-15/h4-11,13,18H,1-3H3. The number of nitrogens with zero attached hydrogens (tertiary/aromatic N) is 1. The number of methoxy groups -OCH3 is 1. The van der Waals surface area contributed by atoms with Gasteiger partial charge in [0.25, 0.3) is 0 Å². The summed E-state index contributed by atoms with van der Waals surface area (Å²) in [4.78, 5) is 0. The van der Waals surface area contributed by atoms with Crippen LogP contribution in [0.5, 0.6) is 5.75 Å². The molecule has 0 aliphatic heterocycles. The van der Waals surface area contributed by atoms with E-state index >= 15 is 0 Å². The van der Waals surface area contributed by atoms with Crippen molar-refractivity contribution in [1.82, 2.24) is 0 Å². The summed E-state index contributed by atoms with van der Waals surface area (Å²) in [5.41, 5.74) is 3.38. The second-order valence-electron chi connectivity index (χ2n) is 5.20. The summed E-state index contributed by atoms with van der Waals surface area (Å²) in [6, 6.07) is 18.6. The molecule has 0 aliphatic rings. The molecule has 0 amide bonds. The molecule has 2 aromatic rings. The van der Waals surface area contributed by atoms with Gasteiger partial charge in [-0.2, -0.15) is 5.26 Å². The van der Waals surface area contributed by atoms with Crippen LogP contribution in [0.1, 0.15) is 25.3 Å². The average Bonchev–Trinajstić information content (AvgIpc) is 2.48. The molecule has 2 rings (SSSR count). The van der Waals surface area contributed by atoms with Gasteiger partial charge < -0.3 is 4.74 Å². The maximum Gasteiger partial charge on any atom is 0.118 e. The van der Waals surface area contributed by atoms with Gasteiger partial charge in [0.05, 0.1) is 19.1 Å². The van der Waals surface area contributed by atoms with E-state index in [0.29, 0.717) is 5.92 Å². The van der Waals surface area contributed by atoms with E-state index in [1.54, 1.807) is 7.11 Å². The predicted molar refractivity (Wildman–Crippen MR) is 81.6 cm³/mol. The van der Waals surface area contributed by atoms with Gasteiger partial charge in [-0.15, -0.1) is 0 Å². The molecule has 20 heavy (non-hydrogen) atoms. The van der Waals surface area contributed by atoms with Crippen molar-refractivity contribution >= 4 is 0 Å². The fourth-order valence-electron chi connectivity index (χ4n) is 2.27. The molecule has 2 aromatic carbocycles. The molecule has 102 valence electrons.